The van der Waals surface area contributed by atoms with Crippen molar-refractivity contribution in [2.45, 2.75) is 58.4 Å². The van der Waals surface area contributed by atoms with Crippen molar-refractivity contribution in [1.29, 1.82) is 0 Å². The predicted molar refractivity (Wildman–Crippen MR) is 143 cm³/mol. The fourth-order valence-electron chi connectivity index (χ4n) is 5.30. The smallest absolute Gasteiger partial charge is 0.295 e. The van der Waals surface area contributed by atoms with Gasteiger partial charge in [0.25, 0.3) is 5.56 Å². The maximum Gasteiger partial charge on any atom is 0.295 e. The lowest BCUT2D eigenvalue weighted by molar-refractivity contribution is -0.125. The third kappa shape index (κ3) is 5.50. The molecule has 7 nitrogen and oxygen atoms in total. The third-order valence-electron chi connectivity index (χ3n) is 7.37. The van der Waals surface area contributed by atoms with Crippen LogP contribution >= 0.6 is 0 Å². The molecule has 1 saturated heterocycles. The standard InChI is InChI=1S/C29H35N5O2/c1-21-11-13-23(14-12-21)19-34-26-25(10-5-16-30-26)32-27(29(34)36)33-18-6-9-24(20-33)28(35)31-17-15-22-7-3-2-4-8-22/h5,7,10-14,16,24H,2-4,6,8-9,15,17-20H2,1H3,(H,31,35)/t24-/m1/s1. The lowest BCUT2D eigenvalue weighted by Gasteiger charge is -2.32. The van der Waals surface area contributed by atoms with Crippen LogP contribution in [-0.4, -0.2) is 40.1 Å². The summed E-state index contributed by atoms with van der Waals surface area (Å²) >= 11 is 0. The number of hydrogen-bond donors (Lipinski definition) is 1. The number of pyridine rings is 1. The van der Waals surface area contributed by atoms with E-state index in [0.717, 1.165) is 44.2 Å². The number of allylic oxidation sites excluding steroid dienone is 1. The Bertz CT molecular complexity index is 1310. The van der Waals surface area contributed by atoms with Crippen molar-refractivity contribution < 1.29 is 4.79 Å². The largest absolute Gasteiger partial charge is 0.355 e. The molecule has 1 aliphatic heterocycles. The Morgan fingerprint density at radius 2 is 2.00 bits per heavy atom. The zero-order valence-electron chi connectivity index (χ0n) is 21.1. The first-order valence-electron chi connectivity index (χ1n) is 13.2. The van der Waals surface area contributed by atoms with E-state index in [1.807, 2.05) is 36.1 Å². The number of carbonyl (C=O) groups excluding carboxylic acids is 1. The second-order valence-electron chi connectivity index (χ2n) is 10.1. The quantitative estimate of drug-likeness (QED) is 0.503. The Morgan fingerprint density at radius 1 is 1.14 bits per heavy atom. The maximum absolute atomic E-state index is 13.7. The Labute approximate surface area is 212 Å². The van der Waals surface area contributed by atoms with E-state index in [9.17, 15) is 9.59 Å². The van der Waals surface area contributed by atoms with Gasteiger partial charge in [0, 0.05) is 25.8 Å². The van der Waals surface area contributed by atoms with Crippen LogP contribution < -0.4 is 15.8 Å². The summed E-state index contributed by atoms with van der Waals surface area (Å²) in [4.78, 5) is 37.9. The van der Waals surface area contributed by atoms with Gasteiger partial charge in [0.2, 0.25) is 5.91 Å². The van der Waals surface area contributed by atoms with Crippen LogP contribution in [0.25, 0.3) is 11.2 Å². The highest BCUT2D eigenvalue weighted by Gasteiger charge is 2.28. The summed E-state index contributed by atoms with van der Waals surface area (Å²) < 4.78 is 1.71. The normalized spacial score (nSPS) is 18.2. The molecule has 2 aliphatic rings. The molecule has 0 spiro atoms. The molecule has 1 aromatic carbocycles. The van der Waals surface area contributed by atoms with E-state index in [1.54, 1.807) is 10.8 Å². The first kappa shape index (κ1) is 24.2. The number of amides is 1. The number of nitrogens with zero attached hydrogens (tertiary/aromatic N) is 4. The summed E-state index contributed by atoms with van der Waals surface area (Å²) in [5, 5.41) is 3.14. The second-order valence-corrected chi connectivity index (χ2v) is 10.1. The number of aryl methyl sites for hydroxylation is 1. The number of rotatable bonds is 7. The van der Waals surface area contributed by atoms with E-state index in [2.05, 4.69) is 28.5 Å². The van der Waals surface area contributed by atoms with E-state index in [0.29, 0.717) is 36.6 Å². The average Bonchev–Trinajstić information content (AvgIpc) is 2.92. The molecular weight excluding hydrogens is 450 g/mol. The van der Waals surface area contributed by atoms with Gasteiger partial charge in [0.15, 0.2) is 11.5 Å². The molecular formula is C29H35N5O2. The second kappa shape index (κ2) is 11.1. The summed E-state index contributed by atoms with van der Waals surface area (Å²) in [5.41, 5.74) is 4.79. The topological polar surface area (TPSA) is 80.1 Å². The number of fused-ring (bicyclic) bond motifs is 1. The van der Waals surface area contributed by atoms with Gasteiger partial charge in [-0.1, -0.05) is 41.5 Å². The van der Waals surface area contributed by atoms with Gasteiger partial charge in [-0.05, 0) is 69.6 Å². The van der Waals surface area contributed by atoms with Gasteiger partial charge < -0.3 is 10.2 Å². The Hall–Kier alpha value is -3.48. The Morgan fingerprint density at radius 3 is 2.81 bits per heavy atom. The number of aromatic nitrogens is 3. The van der Waals surface area contributed by atoms with Crippen LogP contribution in [0.1, 0.15) is 56.1 Å². The molecule has 0 bridgehead atoms. The van der Waals surface area contributed by atoms with Crippen molar-refractivity contribution >= 4 is 22.9 Å². The van der Waals surface area contributed by atoms with Crippen molar-refractivity contribution in [2.75, 3.05) is 24.5 Å². The molecule has 3 aromatic rings. The van der Waals surface area contributed by atoms with Gasteiger partial charge in [-0.25, -0.2) is 9.97 Å². The first-order chi connectivity index (χ1) is 17.6. The molecule has 1 aliphatic carbocycles. The number of piperidine rings is 1. The molecule has 2 aromatic heterocycles. The summed E-state index contributed by atoms with van der Waals surface area (Å²) in [7, 11) is 0. The average molecular weight is 486 g/mol. The summed E-state index contributed by atoms with van der Waals surface area (Å²) in [6.45, 7) is 4.39. The number of nitrogens with one attached hydrogen (secondary N) is 1. The highest BCUT2D eigenvalue weighted by atomic mass is 16.2. The predicted octanol–water partition coefficient (Wildman–Crippen LogP) is 4.37. The van der Waals surface area contributed by atoms with Gasteiger partial charge in [-0.15, -0.1) is 0 Å². The summed E-state index contributed by atoms with van der Waals surface area (Å²) in [5.74, 6) is 0.349. The van der Waals surface area contributed by atoms with Crippen molar-refractivity contribution in [2.24, 2.45) is 5.92 Å². The lowest BCUT2D eigenvalue weighted by Crippen LogP contribution is -2.46. The molecule has 1 amide bonds. The molecule has 188 valence electrons. The molecule has 0 radical (unpaired) electrons. The molecule has 5 rings (SSSR count). The minimum atomic E-state index is -0.160. The highest BCUT2D eigenvalue weighted by Crippen LogP contribution is 2.23. The van der Waals surface area contributed by atoms with Crippen molar-refractivity contribution in [3.63, 3.8) is 0 Å². The number of benzene rings is 1. The lowest BCUT2D eigenvalue weighted by atomic mass is 9.96. The first-order valence-corrected chi connectivity index (χ1v) is 13.2. The van der Waals surface area contributed by atoms with E-state index >= 15 is 0 Å². The van der Waals surface area contributed by atoms with Crippen LogP contribution in [0.4, 0.5) is 5.82 Å². The molecule has 36 heavy (non-hydrogen) atoms. The highest BCUT2D eigenvalue weighted by molar-refractivity contribution is 5.79. The molecule has 3 heterocycles. The van der Waals surface area contributed by atoms with Gasteiger partial charge >= 0.3 is 0 Å². The van der Waals surface area contributed by atoms with E-state index < -0.39 is 0 Å². The fourth-order valence-corrected chi connectivity index (χ4v) is 5.30. The van der Waals surface area contributed by atoms with Crippen molar-refractivity contribution in [1.82, 2.24) is 19.9 Å². The Kier molecular flexibility index (Phi) is 7.44. The molecule has 0 saturated carbocycles. The van der Waals surface area contributed by atoms with Gasteiger partial charge in [0.1, 0.15) is 5.52 Å². The van der Waals surface area contributed by atoms with E-state index in [-0.39, 0.29) is 17.4 Å². The monoisotopic (exact) mass is 485 g/mol. The van der Waals surface area contributed by atoms with Gasteiger partial charge in [-0.3, -0.25) is 14.2 Å². The van der Waals surface area contributed by atoms with Crippen LogP contribution in [0.5, 0.6) is 0 Å². The summed E-state index contributed by atoms with van der Waals surface area (Å²) in [6.07, 6.45) is 11.5. The van der Waals surface area contributed by atoms with Crippen LogP contribution in [0, 0.1) is 12.8 Å². The van der Waals surface area contributed by atoms with Crippen LogP contribution in [0.15, 0.2) is 59.0 Å². The maximum atomic E-state index is 13.7. The van der Waals surface area contributed by atoms with Crippen LogP contribution in [0.2, 0.25) is 0 Å². The molecule has 1 N–H and O–H groups in total. The van der Waals surface area contributed by atoms with Crippen molar-refractivity contribution in [3.8, 4) is 0 Å². The van der Waals surface area contributed by atoms with E-state index in [1.165, 1.54) is 24.0 Å². The molecule has 0 unspecified atom stereocenters. The van der Waals surface area contributed by atoms with Crippen LogP contribution in [-0.2, 0) is 11.3 Å². The summed E-state index contributed by atoms with van der Waals surface area (Å²) in [6, 6.07) is 11.9. The zero-order valence-corrected chi connectivity index (χ0v) is 21.1. The molecule has 1 atom stereocenters. The zero-order chi connectivity index (χ0) is 24.9. The Balaban J connectivity index is 1.34. The van der Waals surface area contributed by atoms with Crippen LogP contribution in [0.3, 0.4) is 0 Å². The molecule has 7 heteroatoms. The van der Waals surface area contributed by atoms with Gasteiger partial charge in [0.05, 0.1) is 12.5 Å². The third-order valence-corrected chi connectivity index (χ3v) is 7.37. The number of carbonyl (C=O) groups is 1. The fraction of sp³-hybridized carbons (Fsp3) is 0.448. The SMILES string of the molecule is Cc1ccc(Cn2c(=O)c(N3CCC[C@@H](C(=O)NCCC4=CCCCC4)C3)nc3cccnc32)cc1. The number of anilines is 1. The minimum absolute atomic E-state index is 0.0820. The minimum Gasteiger partial charge on any atom is -0.355 e. The van der Waals surface area contributed by atoms with Gasteiger partial charge in [-0.2, -0.15) is 0 Å². The molecule has 1 fully saturated rings. The van der Waals surface area contributed by atoms with Crippen molar-refractivity contribution in [3.05, 3.63) is 75.7 Å². The van der Waals surface area contributed by atoms with E-state index in [4.69, 9.17) is 4.98 Å². The number of hydrogen-bond acceptors (Lipinski definition) is 5.